The Balaban J connectivity index is 1.91. The highest BCUT2D eigenvalue weighted by Gasteiger charge is 2.37. The van der Waals surface area contributed by atoms with Gasteiger partial charge in [-0.1, -0.05) is 44.9 Å². The summed E-state index contributed by atoms with van der Waals surface area (Å²) >= 11 is 0. The molecule has 1 aromatic carbocycles. The normalized spacial score (nSPS) is 19.2. The summed E-state index contributed by atoms with van der Waals surface area (Å²) in [4.78, 5) is 0. The molecule has 0 spiro atoms. The van der Waals surface area contributed by atoms with Gasteiger partial charge in [-0.25, -0.2) is 0 Å². The first-order valence-corrected chi connectivity index (χ1v) is 8.28. The highest BCUT2D eigenvalue weighted by atomic mass is 15.3. The van der Waals surface area contributed by atoms with Gasteiger partial charge in [0, 0.05) is 24.9 Å². The third-order valence-electron chi connectivity index (χ3n) is 5.27. The second kappa shape index (κ2) is 5.80. The molecule has 1 fully saturated rings. The Labute approximate surface area is 127 Å². The fourth-order valence-corrected chi connectivity index (χ4v) is 3.98. The zero-order valence-corrected chi connectivity index (χ0v) is 13.5. The third kappa shape index (κ3) is 2.71. The summed E-state index contributed by atoms with van der Waals surface area (Å²) in [5.41, 5.74) is 2.90. The Morgan fingerprint density at radius 1 is 1.29 bits per heavy atom. The lowest BCUT2D eigenvalue weighted by atomic mass is 9.78. The molecule has 1 aliphatic rings. The van der Waals surface area contributed by atoms with Crippen molar-refractivity contribution < 1.29 is 0 Å². The molecule has 1 unspecified atom stereocenters. The standard InChI is InChI=1S/C18H27N3/c1-4-19-17(18(2)11-7-8-12-18)13-15-14-9-5-6-10-16(14)21(3)20-15/h5-6,9-10,17,19H,4,7-8,11-13H2,1-3H3. The lowest BCUT2D eigenvalue weighted by Gasteiger charge is -2.34. The zero-order chi connectivity index (χ0) is 14.9. The molecule has 1 aromatic heterocycles. The summed E-state index contributed by atoms with van der Waals surface area (Å²) in [6, 6.07) is 9.10. The minimum Gasteiger partial charge on any atom is -0.313 e. The number of hydrogen-bond acceptors (Lipinski definition) is 2. The Kier molecular flexibility index (Phi) is 4.03. The van der Waals surface area contributed by atoms with Crippen LogP contribution in [0.15, 0.2) is 24.3 Å². The van der Waals surface area contributed by atoms with Gasteiger partial charge in [-0.2, -0.15) is 5.10 Å². The van der Waals surface area contributed by atoms with Gasteiger partial charge in [-0.05, 0) is 30.9 Å². The number of hydrogen-bond donors (Lipinski definition) is 1. The van der Waals surface area contributed by atoms with Crippen LogP contribution in [0, 0.1) is 5.41 Å². The van der Waals surface area contributed by atoms with E-state index in [2.05, 4.69) is 43.4 Å². The highest BCUT2D eigenvalue weighted by molar-refractivity contribution is 5.81. The topological polar surface area (TPSA) is 29.9 Å². The Hall–Kier alpha value is -1.35. The first-order valence-electron chi connectivity index (χ1n) is 8.28. The average molecular weight is 285 g/mol. The molecule has 0 saturated heterocycles. The Morgan fingerprint density at radius 3 is 2.71 bits per heavy atom. The molecule has 1 heterocycles. The number of para-hydroxylation sites is 1. The van der Waals surface area contributed by atoms with Gasteiger partial charge in [0.05, 0.1) is 11.2 Å². The van der Waals surface area contributed by atoms with Crippen LogP contribution in [0.1, 0.15) is 45.2 Å². The molecule has 114 valence electrons. The van der Waals surface area contributed by atoms with Crippen LogP contribution >= 0.6 is 0 Å². The molecule has 0 radical (unpaired) electrons. The molecule has 21 heavy (non-hydrogen) atoms. The van der Waals surface area contributed by atoms with Crippen LogP contribution in [0.2, 0.25) is 0 Å². The smallest absolute Gasteiger partial charge is 0.0718 e. The van der Waals surface area contributed by atoms with E-state index in [0.29, 0.717) is 11.5 Å². The fraction of sp³-hybridized carbons (Fsp3) is 0.611. The van der Waals surface area contributed by atoms with Crippen LogP contribution < -0.4 is 5.32 Å². The van der Waals surface area contributed by atoms with Gasteiger partial charge in [0.2, 0.25) is 0 Å². The van der Waals surface area contributed by atoms with Crippen molar-refractivity contribution in [3.8, 4) is 0 Å². The molecular weight excluding hydrogens is 258 g/mol. The second-order valence-electron chi connectivity index (χ2n) is 6.76. The maximum absolute atomic E-state index is 4.79. The van der Waals surface area contributed by atoms with E-state index in [1.165, 1.54) is 42.3 Å². The van der Waals surface area contributed by atoms with Gasteiger partial charge in [-0.15, -0.1) is 0 Å². The van der Waals surface area contributed by atoms with E-state index in [1.54, 1.807) is 0 Å². The third-order valence-corrected chi connectivity index (χ3v) is 5.27. The number of fused-ring (bicyclic) bond motifs is 1. The molecule has 1 saturated carbocycles. The molecule has 0 bridgehead atoms. The molecule has 3 heteroatoms. The van der Waals surface area contributed by atoms with Crippen molar-refractivity contribution in [2.24, 2.45) is 12.5 Å². The van der Waals surface area contributed by atoms with E-state index in [4.69, 9.17) is 5.10 Å². The van der Waals surface area contributed by atoms with Crippen LogP contribution in [0.25, 0.3) is 10.9 Å². The van der Waals surface area contributed by atoms with Gasteiger partial charge in [0.15, 0.2) is 0 Å². The van der Waals surface area contributed by atoms with E-state index in [1.807, 2.05) is 11.7 Å². The molecule has 0 aliphatic heterocycles. The lowest BCUT2D eigenvalue weighted by molar-refractivity contribution is 0.221. The van der Waals surface area contributed by atoms with Gasteiger partial charge in [0.1, 0.15) is 0 Å². The molecule has 1 aliphatic carbocycles. The lowest BCUT2D eigenvalue weighted by Crippen LogP contribution is -2.43. The number of aromatic nitrogens is 2. The average Bonchev–Trinajstić information content (AvgIpc) is 3.05. The number of aryl methyl sites for hydroxylation is 1. The summed E-state index contributed by atoms with van der Waals surface area (Å²) in [5, 5.41) is 9.84. The summed E-state index contributed by atoms with van der Waals surface area (Å²) in [7, 11) is 2.05. The van der Waals surface area contributed by atoms with Gasteiger partial charge in [-0.3, -0.25) is 4.68 Å². The summed E-state index contributed by atoms with van der Waals surface area (Å²) in [6.45, 7) is 5.70. The summed E-state index contributed by atoms with van der Waals surface area (Å²) in [5.74, 6) is 0. The quantitative estimate of drug-likeness (QED) is 0.908. The summed E-state index contributed by atoms with van der Waals surface area (Å²) < 4.78 is 2.02. The van der Waals surface area contributed by atoms with Crippen molar-refractivity contribution in [3.63, 3.8) is 0 Å². The predicted octanol–water partition coefficient (Wildman–Crippen LogP) is 3.67. The molecule has 1 atom stereocenters. The molecule has 1 N–H and O–H groups in total. The number of nitrogens with one attached hydrogen (secondary N) is 1. The molecule has 0 amide bonds. The minimum absolute atomic E-state index is 0.425. The maximum Gasteiger partial charge on any atom is 0.0718 e. The second-order valence-corrected chi connectivity index (χ2v) is 6.76. The van der Waals surface area contributed by atoms with E-state index < -0.39 is 0 Å². The van der Waals surface area contributed by atoms with Gasteiger partial charge < -0.3 is 5.32 Å². The highest BCUT2D eigenvalue weighted by Crippen LogP contribution is 2.41. The number of nitrogens with zero attached hydrogens (tertiary/aromatic N) is 2. The van der Waals surface area contributed by atoms with Crippen molar-refractivity contribution in [1.82, 2.24) is 15.1 Å². The van der Waals surface area contributed by atoms with Crippen molar-refractivity contribution in [2.45, 2.75) is 52.0 Å². The summed E-state index contributed by atoms with van der Waals surface area (Å²) in [6.07, 6.45) is 6.47. The van der Waals surface area contributed by atoms with E-state index in [-0.39, 0.29) is 0 Å². The van der Waals surface area contributed by atoms with E-state index >= 15 is 0 Å². The van der Waals surface area contributed by atoms with Crippen molar-refractivity contribution >= 4 is 10.9 Å². The number of likely N-dealkylation sites (N-methyl/N-ethyl adjacent to an activating group) is 1. The monoisotopic (exact) mass is 285 g/mol. The largest absolute Gasteiger partial charge is 0.313 e. The Bertz CT molecular complexity index is 608. The van der Waals surface area contributed by atoms with Crippen molar-refractivity contribution in [1.29, 1.82) is 0 Å². The predicted molar refractivity (Wildman–Crippen MR) is 88.5 cm³/mol. The molecule has 2 aromatic rings. The molecule has 3 rings (SSSR count). The van der Waals surface area contributed by atoms with Crippen molar-refractivity contribution in [2.75, 3.05) is 6.54 Å². The molecule has 3 nitrogen and oxygen atoms in total. The first kappa shape index (κ1) is 14.6. The fourth-order valence-electron chi connectivity index (χ4n) is 3.98. The maximum atomic E-state index is 4.79. The van der Waals surface area contributed by atoms with Gasteiger partial charge >= 0.3 is 0 Å². The number of rotatable bonds is 5. The van der Waals surface area contributed by atoms with Gasteiger partial charge in [0.25, 0.3) is 0 Å². The van der Waals surface area contributed by atoms with Crippen LogP contribution in [0.5, 0.6) is 0 Å². The molecular formula is C18H27N3. The van der Waals surface area contributed by atoms with Crippen molar-refractivity contribution in [3.05, 3.63) is 30.0 Å². The van der Waals surface area contributed by atoms with Crippen LogP contribution in [-0.4, -0.2) is 22.4 Å². The first-order chi connectivity index (χ1) is 10.1. The van der Waals surface area contributed by atoms with Crippen LogP contribution in [0.3, 0.4) is 0 Å². The van der Waals surface area contributed by atoms with Crippen LogP contribution in [-0.2, 0) is 13.5 Å². The number of benzene rings is 1. The Morgan fingerprint density at radius 2 is 2.00 bits per heavy atom. The van der Waals surface area contributed by atoms with E-state index in [9.17, 15) is 0 Å². The minimum atomic E-state index is 0.425. The zero-order valence-electron chi connectivity index (χ0n) is 13.5. The van der Waals surface area contributed by atoms with Crippen LogP contribution in [0.4, 0.5) is 0 Å². The van der Waals surface area contributed by atoms with E-state index in [0.717, 1.165) is 13.0 Å². The SMILES string of the molecule is CCNC(Cc1nn(C)c2ccccc12)C1(C)CCCC1.